The number of carboxylic acids is 1. The number of rotatable bonds is 13. The van der Waals surface area contributed by atoms with Gasteiger partial charge in [0.15, 0.2) is 0 Å². The van der Waals surface area contributed by atoms with Crippen LogP contribution in [0.5, 0.6) is 5.75 Å². The van der Waals surface area contributed by atoms with Crippen LogP contribution in [0.25, 0.3) is 33.5 Å². The van der Waals surface area contributed by atoms with Gasteiger partial charge in [-0.1, -0.05) is 62.9 Å². The lowest BCUT2D eigenvalue weighted by atomic mass is 9.98. The highest BCUT2D eigenvalue weighted by atomic mass is 32.2. The number of thioether (sulfide) groups is 1. The molecule has 46 heavy (non-hydrogen) atoms. The predicted octanol–water partition coefficient (Wildman–Crippen LogP) is 6.25. The maximum atomic E-state index is 14.3. The summed E-state index contributed by atoms with van der Waals surface area (Å²) in [5.41, 5.74) is 4.24. The Hall–Kier alpha value is -4.71. The first-order valence-corrected chi connectivity index (χ1v) is 16.8. The summed E-state index contributed by atoms with van der Waals surface area (Å²) in [6.07, 6.45) is 8.07. The molecule has 2 aromatic heterocycles. The number of carbonyl (C=O) groups is 2. The van der Waals surface area contributed by atoms with Gasteiger partial charge in [-0.25, -0.2) is 9.78 Å². The number of nitrogens with zero attached hydrogens (tertiary/aromatic N) is 6. The van der Waals surface area contributed by atoms with E-state index in [1.165, 1.54) is 4.90 Å². The van der Waals surface area contributed by atoms with E-state index in [4.69, 9.17) is 9.72 Å². The standard InChI is InChI=1S/C34H37N7O4S/c1-3-4-5-6-11-30(33(42)40-20-24(19-31(40)34(43)44)45-23-13-15-25(46-2)16-14-23)41-21-35-28-18-22(12-17-29(28)41)26-9-7-8-10-27(26)32-36-38-39-37-32/h7-10,12-18,21,24,30-31H,3-6,11,19-20H2,1-2H3,(H,43,44)(H,36,37,38,39). The van der Waals surface area contributed by atoms with Gasteiger partial charge in [0.05, 0.1) is 23.9 Å². The van der Waals surface area contributed by atoms with Crippen LogP contribution in [0.2, 0.25) is 0 Å². The molecule has 0 bridgehead atoms. The largest absolute Gasteiger partial charge is 0.488 e. The van der Waals surface area contributed by atoms with Crippen molar-refractivity contribution in [3.05, 3.63) is 73.1 Å². The lowest BCUT2D eigenvalue weighted by Crippen LogP contribution is -2.44. The zero-order chi connectivity index (χ0) is 32.0. The number of carboxylic acid groups (broad SMARTS) is 1. The Labute approximate surface area is 271 Å². The molecule has 3 heterocycles. The number of imidazole rings is 1. The lowest BCUT2D eigenvalue weighted by Gasteiger charge is -2.28. The summed E-state index contributed by atoms with van der Waals surface area (Å²) >= 11 is 1.64. The van der Waals surface area contributed by atoms with Crippen molar-refractivity contribution in [2.75, 3.05) is 12.8 Å². The molecule has 1 aliphatic heterocycles. The molecule has 2 N–H and O–H groups in total. The molecular formula is C34H37N7O4S. The molecule has 6 rings (SSSR count). The smallest absolute Gasteiger partial charge is 0.326 e. The highest BCUT2D eigenvalue weighted by Gasteiger charge is 2.43. The first-order valence-electron chi connectivity index (χ1n) is 15.6. The second-order valence-electron chi connectivity index (χ2n) is 11.5. The fourth-order valence-corrected chi connectivity index (χ4v) is 6.61. The number of aromatic amines is 1. The second kappa shape index (κ2) is 14.2. The van der Waals surface area contributed by atoms with Gasteiger partial charge in [-0.15, -0.1) is 22.0 Å². The van der Waals surface area contributed by atoms with Crippen LogP contribution in [-0.4, -0.2) is 77.0 Å². The highest BCUT2D eigenvalue weighted by Crippen LogP contribution is 2.34. The van der Waals surface area contributed by atoms with Gasteiger partial charge in [0.25, 0.3) is 0 Å². The molecule has 0 saturated carbocycles. The zero-order valence-corrected chi connectivity index (χ0v) is 26.7. The van der Waals surface area contributed by atoms with E-state index in [1.807, 2.05) is 77.6 Å². The Morgan fingerprint density at radius 1 is 1.07 bits per heavy atom. The van der Waals surface area contributed by atoms with Crippen molar-refractivity contribution in [1.29, 1.82) is 0 Å². The van der Waals surface area contributed by atoms with Crippen molar-refractivity contribution < 1.29 is 19.4 Å². The lowest BCUT2D eigenvalue weighted by molar-refractivity contribution is -0.149. The molecule has 0 aliphatic carbocycles. The van der Waals surface area contributed by atoms with Gasteiger partial charge in [0, 0.05) is 16.9 Å². The number of likely N-dealkylation sites (tertiary alicyclic amines) is 1. The fourth-order valence-electron chi connectivity index (χ4n) is 6.20. The van der Waals surface area contributed by atoms with Crippen LogP contribution in [-0.2, 0) is 9.59 Å². The summed E-state index contributed by atoms with van der Waals surface area (Å²) in [5.74, 6) is -0.0904. The van der Waals surface area contributed by atoms with Crippen LogP contribution in [0.15, 0.2) is 78.0 Å². The molecule has 5 aromatic rings. The number of hydrogen-bond acceptors (Lipinski definition) is 8. The van der Waals surface area contributed by atoms with E-state index in [1.54, 1.807) is 18.1 Å². The molecule has 0 spiro atoms. The second-order valence-corrected chi connectivity index (χ2v) is 12.4. The molecule has 1 fully saturated rings. The number of benzene rings is 3. The Morgan fingerprint density at radius 3 is 2.59 bits per heavy atom. The van der Waals surface area contributed by atoms with Crippen LogP contribution in [0.1, 0.15) is 51.5 Å². The first-order chi connectivity index (χ1) is 22.5. The van der Waals surface area contributed by atoms with E-state index in [-0.39, 0.29) is 18.9 Å². The zero-order valence-electron chi connectivity index (χ0n) is 25.9. The first kappa shape index (κ1) is 31.3. The SMILES string of the molecule is CCCCCCC(C(=O)N1CC(Oc2ccc(SC)cc2)CC1C(=O)O)n1cnc2cc(-c3ccccc3-c3nn[nH]n3)ccc21. The Bertz CT molecular complexity index is 1790. The van der Waals surface area contributed by atoms with E-state index in [0.29, 0.717) is 18.0 Å². The molecule has 1 saturated heterocycles. The third kappa shape index (κ3) is 6.62. The number of aromatic nitrogens is 6. The Balaban J connectivity index is 1.29. The number of hydrogen-bond donors (Lipinski definition) is 2. The summed E-state index contributed by atoms with van der Waals surface area (Å²) in [5, 5.41) is 24.7. The van der Waals surface area contributed by atoms with Crippen molar-refractivity contribution in [3.8, 4) is 28.3 Å². The van der Waals surface area contributed by atoms with E-state index in [0.717, 1.165) is 58.3 Å². The number of aliphatic carboxylic acids is 1. The van der Waals surface area contributed by atoms with Gasteiger partial charge in [-0.05, 0) is 65.4 Å². The van der Waals surface area contributed by atoms with Crippen LogP contribution in [0.4, 0.5) is 0 Å². The van der Waals surface area contributed by atoms with Crippen LogP contribution >= 0.6 is 11.8 Å². The average Bonchev–Trinajstić information content (AvgIpc) is 3.85. The minimum absolute atomic E-state index is 0.204. The number of ether oxygens (including phenoxy) is 1. The van der Waals surface area contributed by atoms with Gasteiger partial charge in [0.1, 0.15) is 23.9 Å². The van der Waals surface area contributed by atoms with E-state index in [2.05, 4.69) is 27.5 Å². The van der Waals surface area contributed by atoms with Gasteiger partial charge < -0.3 is 19.3 Å². The van der Waals surface area contributed by atoms with Crippen LogP contribution < -0.4 is 4.74 Å². The Morgan fingerprint density at radius 2 is 1.87 bits per heavy atom. The summed E-state index contributed by atoms with van der Waals surface area (Å²) in [6, 6.07) is 19.9. The number of carbonyl (C=O) groups excluding carboxylic acids is 1. The van der Waals surface area contributed by atoms with Gasteiger partial charge in [0.2, 0.25) is 11.7 Å². The van der Waals surface area contributed by atoms with E-state index < -0.39 is 24.2 Å². The molecule has 0 radical (unpaired) electrons. The number of unbranched alkanes of at least 4 members (excludes halogenated alkanes) is 3. The van der Waals surface area contributed by atoms with Gasteiger partial charge in [-0.3, -0.25) is 4.79 Å². The third-order valence-corrected chi connectivity index (χ3v) is 9.29. The quantitative estimate of drug-likeness (QED) is 0.113. The van der Waals surface area contributed by atoms with Gasteiger partial charge >= 0.3 is 5.97 Å². The predicted molar refractivity (Wildman–Crippen MR) is 177 cm³/mol. The highest BCUT2D eigenvalue weighted by molar-refractivity contribution is 7.98. The van der Waals surface area contributed by atoms with E-state index >= 15 is 0 Å². The molecule has 3 atom stereocenters. The maximum absolute atomic E-state index is 14.3. The molecule has 3 unspecified atom stereocenters. The normalized spacial score (nSPS) is 17.0. The monoisotopic (exact) mass is 639 g/mol. The molecule has 1 amide bonds. The summed E-state index contributed by atoms with van der Waals surface area (Å²) < 4.78 is 8.09. The van der Waals surface area contributed by atoms with Crippen molar-refractivity contribution in [2.45, 2.75) is 68.5 Å². The van der Waals surface area contributed by atoms with Crippen molar-refractivity contribution in [1.82, 2.24) is 35.1 Å². The van der Waals surface area contributed by atoms with Crippen LogP contribution in [0.3, 0.4) is 0 Å². The minimum Gasteiger partial charge on any atom is -0.488 e. The number of amides is 1. The molecule has 238 valence electrons. The number of nitrogens with one attached hydrogen (secondary N) is 1. The Kier molecular flexibility index (Phi) is 9.62. The summed E-state index contributed by atoms with van der Waals surface area (Å²) in [6.45, 7) is 2.35. The molecule has 3 aromatic carbocycles. The molecule has 11 nitrogen and oxygen atoms in total. The van der Waals surface area contributed by atoms with Crippen molar-refractivity contribution >= 4 is 34.7 Å². The van der Waals surface area contributed by atoms with Crippen molar-refractivity contribution in [3.63, 3.8) is 0 Å². The third-order valence-electron chi connectivity index (χ3n) is 8.54. The van der Waals surface area contributed by atoms with Crippen LogP contribution in [0, 0.1) is 0 Å². The summed E-state index contributed by atoms with van der Waals surface area (Å²) in [7, 11) is 0. The minimum atomic E-state index is -1.03. The van der Waals surface area contributed by atoms with Crippen molar-refractivity contribution in [2.24, 2.45) is 0 Å². The fraction of sp³-hybridized carbons (Fsp3) is 0.353. The summed E-state index contributed by atoms with van der Waals surface area (Å²) in [4.78, 5) is 34.1. The molecular weight excluding hydrogens is 602 g/mol. The number of tetrazole rings is 1. The average molecular weight is 640 g/mol. The maximum Gasteiger partial charge on any atom is 0.326 e. The number of fused-ring (bicyclic) bond motifs is 1. The van der Waals surface area contributed by atoms with Gasteiger partial charge in [-0.2, -0.15) is 5.21 Å². The van der Waals surface area contributed by atoms with E-state index in [9.17, 15) is 14.7 Å². The number of H-pyrrole nitrogens is 1. The topological polar surface area (TPSA) is 139 Å². The molecule has 1 aliphatic rings. The molecule has 12 heteroatoms.